The Bertz CT molecular complexity index is 1700. The van der Waals surface area contributed by atoms with Gasteiger partial charge in [0.05, 0.1) is 5.56 Å². The molecule has 9 rings (SSSR count). The van der Waals surface area contributed by atoms with Gasteiger partial charge < -0.3 is 15.2 Å². The Morgan fingerprint density at radius 3 is 2.12 bits per heavy atom. The molecule has 6 aliphatic carbocycles. The predicted octanol–water partition coefficient (Wildman–Crippen LogP) is 9.05. The van der Waals surface area contributed by atoms with E-state index in [2.05, 4.69) is 43.2 Å². The van der Waals surface area contributed by atoms with Crippen LogP contribution in [0, 0.1) is 36.0 Å². The standard InChI is InChI=1S/C40H48F3N3O2/c1-24-34(30-8-4-5-9-32(30)44-24)35-31(37(35,2)3)19-33(47)46(23-25-10-12-29(13-11-25)40(41,42)43)39(14-6-7-15-39)36(48)45-38-20-26-16-27(21-38)18-28(17-26)22-38/h4-5,8-13,26-28,31,35,44H,6-7,14-23H2,1-3H3,(H,45,48)/t26?,27?,28?,31-,35-,38?/m1/s1. The fourth-order valence-corrected chi connectivity index (χ4v) is 11.4. The number of halogens is 3. The molecule has 6 fully saturated rings. The van der Waals surface area contributed by atoms with Gasteiger partial charge in [-0.3, -0.25) is 9.59 Å². The van der Waals surface area contributed by atoms with E-state index in [1.165, 1.54) is 42.3 Å². The number of aromatic amines is 1. The molecule has 1 heterocycles. The average Bonchev–Trinajstić information content (AvgIpc) is 3.37. The van der Waals surface area contributed by atoms with Gasteiger partial charge in [0, 0.05) is 35.1 Å². The number of hydrogen-bond acceptors (Lipinski definition) is 2. The van der Waals surface area contributed by atoms with Crippen LogP contribution in [0.1, 0.15) is 113 Å². The van der Waals surface area contributed by atoms with E-state index in [1.807, 2.05) is 12.1 Å². The number of nitrogens with one attached hydrogen (secondary N) is 2. The summed E-state index contributed by atoms with van der Waals surface area (Å²) in [6.07, 6.45) is 5.59. The molecule has 3 aromatic rings. The van der Waals surface area contributed by atoms with E-state index >= 15 is 0 Å². The number of rotatable bonds is 8. The highest BCUT2D eigenvalue weighted by molar-refractivity contribution is 5.93. The fourth-order valence-electron chi connectivity index (χ4n) is 11.4. The number of carbonyl (C=O) groups is 2. The average molecular weight is 660 g/mol. The minimum Gasteiger partial charge on any atom is -0.358 e. The van der Waals surface area contributed by atoms with Gasteiger partial charge >= 0.3 is 6.18 Å². The van der Waals surface area contributed by atoms with Crippen LogP contribution in [0.3, 0.4) is 0 Å². The summed E-state index contributed by atoms with van der Waals surface area (Å²) in [5, 5.41) is 4.80. The van der Waals surface area contributed by atoms with Gasteiger partial charge in [-0.05, 0) is 123 Å². The van der Waals surface area contributed by atoms with E-state index in [9.17, 15) is 22.8 Å². The van der Waals surface area contributed by atoms with Crippen molar-refractivity contribution in [3.05, 3.63) is 70.9 Å². The van der Waals surface area contributed by atoms with Crippen molar-refractivity contribution < 1.29 is 22.8 Å². The number of H-pyrrole nitrogens is 1. The quantitative estimate of drug-likeness (QED) is 0.254. The monoisotopic (exact) mass is 659 g/mol. The molecule has 1 aromatic heterocycles. The predicted molar refractivity (Wildman–Crippen MR) is 180 cm³/mol. The van der Waals surface area contributed by atoms with E-state index in [4.69, 9.17) is 0 Å². The Morgan fingerprint density at radius 2 is 1.52 bits per heavy atom. The van der Waals surface area contributed by atoms with Crippen molar-refractivity contribution in [3.63, 3.8) is 0 Å². The molecule has 6 saturated carbocycles. The molecule has 0 saturated heterocycles. The third-order valence-electron chi connectivity index (χ3n) is 13.4. The Morgan fingerprint density at radius 1 is 0.917 bits per heavy atom. The van der Waals surface area contributed by atoms with E-state index in [1.54, 1.807) is 4.90 Å². The highest BCUT2D eigenvalue weighted by Gasteiger charge is 2.61. The minimum absolute atomic E-state index is 0.0405. The van der Waals surface area contributed by atoms with Crippen molar-refractivity contribution >= 4 is 22.7 Å². The summed E-state index contributed by atoms with van der Waals surface area (Å²) in [5.74, 6) is 2.17. The van der Waals surface area contributed by atoms with Crippen LogP contribution in [0.4, 0.5) is 13.2 Å². The summed E-state index contributed by atoms with van der Waals surface area (Å²) in [6, 6.07) is 13.4. The zero-order valence-corrected chi connectivity index (χ0v) is 28.4. The third-order valence-corrected chi connectivity index (χ3v) is 13.4. The van der Waals surface area contributed by atoms with Crippen molar-refractivity contribution in [1.82, 2.24) is 15.2 Å². The molecule has 2 atom stereocenters. The van der Waals surface area contributed by atoms with Crippen LogP contribution in [0.5, 0.6) is 0 Å². The van der Waals surface area contributed by atoms with E-state index < -0.39 is 17.3 Å². The first-order valence-electron chi connectivity index (χ1n) is 18.1. The van der Waals surface area contributed by atoms with Crippen LogP contribution < -0.4 is 5.32 Å². The summed E-state index contributed by atoms with van der Waals surface area (Å²) in [4.78, 5) is 34.9. The Balaban J connectivity index is 1.11. The second kappa shape index (κ2) is 11.1. The molecule has 0 spiro atoms. The van der Waals surface area contributed by atoms with E-state index in [0.717, 1.165) is 55.4 Å². The maximum absolute atomic E-state index is 14.8. The molecule has 4 bridgehead atoms. The van der Waals surface area contributed by atoms with Crippen LogP contribution in [-0.4, -0.2) is 32.8 Å². The van der Waals surface area contributed by atoms with Crippen molar-refractivity contribution in [2.45, 2.75) is 121 Å². The molecule has 0 aliphatic heterocycles. The second-order valence-electron chi connectivity index (χ2n) is 16.9. The van der Waals surface area contributed by atoms with Crippen LogP contribution in [0.25, 0.3) is 10.9 Å². The van der Waals surface area contributed by atoms with Crippen molar-refractivity contribution in [3.8, 4) is 0 Å². The lowest BCUT2D eigenvalue weighted by atomic mass is 9.53. The zero-order valence-electron chi connectivity index (χ0n) is 28.4. The molecule has 5 nitrogen and oxygen atoms in total. The highest BCUT2D eigenvalue weighted by Crippen LogP contribution is 2.67. The largest absolute Gasteiger partial charge is 0.416 e. The molecule has 6 aliphatic rings. The molecule has 0 radical (unpaired) electrons. The Labute approximate surface area is 281 Å². The van der Waals surface area contributed by atoms with E-state index in [-0.39, 0.29) is 41.1 Å². The third kappa shape index (κ3) is 5.27. The van der Waals surface area contributed by atoms with Gasteiger partial charge in [0.2, 0.25) is 11.8 Å². The topological polar surface area (TPSA) is 65.2 Å². The number of para-hydroxylation sites is 1. The number of aromatic nitrogens is 1. The number of nitrogens with zero attached hydrogens (tertiary/aromatic N) is 1. The first-order chi connectivity index (χ1) is 22.8. The Kier molecular flexibility index (Phi) is 7.40. The molecule has 2 aromatic carbocycles. The molecule has 2 amide bonds. The van der Waals surface area contributed by atoms with Gasteiger partial charge in [-0.1, -0.05) is 57.0 Å². The summed E-state index contributed by atoms with van der Waals surface area (Å²) in [6.45, 7) is 6.67. The number of carbonyl (C=O) groups excluding carboxylic acids is 2. The molecular weight excluding hydrogens is 611 g/mol. The summed E-state index contributed by atoms with van der Waals surface area (Å²) in [5.41, 5.74) is 2.06. The number of amides is 2. The fraction of sp³-hybridized carbons (Fsp3) is 0.600. The first kappa shape index (κ1) is 31.9. The van der Waals surface area contributed by atoms with Crippen LogP contribution >= 0.6 is 0 Å². The summed E-state index contributed by atoms with van der Waals surface area (Å²) < 4.78 is 40.4. The van der Waals surface area contributed by atoms with Crippen LogP contribution in [0.15, 0.2) is 48.5 Å². The van der Waals surface area contributed by atoms with Gasteiger partial charge in [0.25, 0.3) is 0 Å². The molecule has 256 valence electrons. The van der Waals surface area contributed by atoms with Crippen molar-refractivity contribution in [1.29, 1.82) is 0 Å². The molecule has 8 heteroatoms. The second-order valence-corrected chi connectivity index (χ2v) is 16.9. The SMILES string of the molecule is Cc1[nH]c2ccccc2c1[C@H]1[C@@H](CC(=O)N(Cc2ccc(C(F)(F)F)cc2)C2(C(=O)NC34CC5CC(CC(C5)C3)C4)CCCC2)C1(C)C. The molecular formula is C40H48F3N3O2. The first-order valence-corrected chi connectivity index (χ1v) is 18.1. The summed E-state index contributed by atoms with van der Waals surface area (Å²) >= 11 is 0. The van der Waals surface area contributed by atoms with Crippen LogP contribution in [0.2, 0.25) is 0 Å². The maximum atomic E-state index is 14.8. The lowest BCUT2D eigenvalue weighted by Gasteiger charge is -2.57. The van der Waals surface area contributed by atoms with Crippen LogP contribution in [-0.2, 0) is 22.3 Å². The molecule has 0 unspecified atom stereocenters. The lowest BCUT2D eigenvalue weighted by molar-refractivity contribution is -0.152. The number of alkyl halides is 3. The summed E-state index contributed by atoms with van der Waals surface area (Å²) in [7, 11) is 0. The Hall–Kier alpha value is -3.29. The van der Waals surface area contributed by atoms with Gasteiger partial charge in [-0.2, -0.15) is 13.2 Å². The van der Waals surface area contributed by atoms with Gasteiger partial charge in [-0.15, -0.1) is 0 Å². The lowest BCUT2D eigenvalue weighted by Crippen LogP contribution is -2.66. The number of fused-ring (bicyclic) bond motifs is 1. The van der Waals surface area contributed by atoms with E-state index in [0.29, 0.717) is 42.6 Å². The van der Waals surface area contributed by atoms with Crippen molar-refractivity contribution in [2.75, 3.05) is 0 Å². The van der Waals surface area contributed by atoms with Gasteiger partial charge in [0.15, 0.2) is 0 Å². The number of benzene rings is 2. The van der Waals surface area contributed by atoms with Gasteiger partial charge in [0.1, 0.15) is 5.54 Å². The number of hydrogen-bond donors (Lipinski definition) is 2. The maximum Gasteiger partial charge on any atom is 0.416 e. The normalized spacial score (nSPS) is 31.2. The molecule has 48 heavy (non-hydrogen) atoms. The molecule has 2 N–H and O–H groups in total. The minimum atomic E-state index is -4.44. The zero-order chi connectivity index (χ0) is 33.6. The van der Waals surface area contributed by atoms with Gasteiger partial charge in [-0.25, -0.2) is 0 Å². The smallest absolute Gasteiger partial charge is 0.358 e. The van der Waals surface area contributed by atoms with Crippen molar-refractivity contribution in [2.24, 2.45) is 29.1 Å². The highest BCUT2D eigenvalue weighted by atomic mass is 19.4. The number of aryl methyl sites for hydroxylation is 1.